The summed E-state index contributed by atoms with van der Waals surface area (Å²) in [5, 5.41) is 5.47. The second-order valence-electron chi connectivity index (χ2n) is 4.48. The average molecular weight is 263 g/mol. The van der Waals surface area contributed by atoms with Gasteiger partial charge in [0.25, 0.3) is 0 Å². The minimum atomic E-state index is 0.115. The van der Waals surface area contributed by atoms with E-state index >= 15 is 0 Å². The Morgan fingerprint density at radius 3 is 3.28 bits per heavy atom. The van der Waals surface area contributed by atoms with Gasteiger partial charge >= 0.3 is 0 Å². The Hall–Kier alpha value is -1.17. The number of hydrogen-bond donors (Lipinski definition) is 1. The summed E-state index contributed by atoms with van der Waals surface area (Å²) in [6.07, 6.45) is 3.93. The molecule has 0 saturated carbocycles. The predicted molar refractivity (Wildman–Crippen MR) is 71.9 cm³/mol. The zero-order valence-corrected chi connectivity index (χ0v) is 11.2. The van der Waals surface area contributed by atoms with E-state index in [4.69, 9.17) is 4.74 Å². The van der Waals surface area contributed by atoms with Crippen LogP contribution in [0.3, 0.4) is 0 Å². The lowest BCUT2D eigenvalue weighted by molar-refractivity contribution is 0.0225. The molecule has 1 fully saturated rings. The molecule has 1 saturated heterocycles. The highest BCUT2D eigenvalue weighted by molar-refractivity contribution is 7.10. The van der Waals surface area contributed by atoms with Crippen LogP contribution in [-0.2, 0) is 4.74 Å². The summed E-state index contributed by atoms with van der Waals surface area (Å²) >= 11 is 1.78. The first-order valence-electron chi connectivity index (χ1n) is 6.23. The lowest BCUT2D eigenvalue weighted by Gasteiger charge is -2.26. The van der Waals surface area contributed by atoms with Crippen LogP contribution in [0.5, 0.6) is 0 Å². The van der Waals surface area contributed by atoms with Crippen molar-refractivity contribution in [2.75, 3.05) is 19.7 Å². The molecule has 3 heterocycles. The van der Waals surface area contributed by atoms with Crippen molar-refractivity contribution in [1.82, 2.24) is 14.9 Å². The molecule has 2 unspecified atom stereocenters. The molecule has 2 aromatic heterocycles. The third kappa shape index (κ3) is 2.21. The molecule has 2 aromatic rings. The molecule has 4 nitrogen and oxygen atoms in total. The number of rotatable bonds is 3. The fraction of sp³-hybridized carbons (Fsp3) is 0.462. The number of ether oxygens (including phenoxy) is 1. The maximum atomic E-state index is 5.81. The number of nitrogens with zero attached hydrogens (tertiary/aromatic N) is 2. The quantitative estimate of drug-likeness (QED) is 0.923. The molecule has 1 aliphatic rings. The largest absolute Gasteiger partial charge is 0.369 e. The van der Waals surface area contributed by atoms with E-state index in [1.807, 2.05) is 12.5 Å². The Morgan fingerprint density at radius 1 is 1.61 bits per heavy atom. The first-order valence-corrected chi connectivity index (χ1v) is 7.11. The van der Waals surface area contributed by atoms with Crippen molar-refractivity contribution in [2.45, 2.75) is 19.1 Å². The van der Waals surface area contributed by atoms with Gasteiger partial charge in [-0.2, -0.15) is 0 Å². The summed E-state index contributed by atoms with van der Waals surface area (Å²) in [5.74, 6) is 0. The van der Waals surface area contributed by atoms with Crippen LogP contribution in [0.25, 0.3) is 0 Å². The van der Waals surface area contributed by atoms with Crippen molar-refractivity contribution >= 4 is 11.3 Å². The van der Waals surface area contributed by atoms with E-state index in [0.29, 0.717) is 6.04 Å². The van der Waals surface area contributed by atoms with E-state index in [1.54, 1.807) is 11.3 Å². The highest BCUT2D eigenvalue weighted by Crippen LogP contribution is 2.27. The number of imidazole rings is 1. The maximum absolute atomic E-state index is 5.81. The normalized spacial score (nSPS) is 21.9. The van der Waals surface area contributed by atoms with Crippen LogP contribution >= 0.6 is 11.3 Å². The highest BCUT2D eigenvalue weighted by atomic mass is 32.1. The Kier molecular flexibility index (Phi) is 3.45. The molecule has 5 heteroatoms. The van der Waals surface area contributed by atoms with E-state index in [9.17, 15) is 0 Å². The van der Waals surface area contributed by atoms with Gasteiger partial charge in [0.05, 0.1) is 30.9 Å². The van der Waals surface area contributed by atoms with Gasteiger partial charge in [-0.15, -0.1) is 11.3 Å². The Labute approximate surface area is 111 Å². The number of thiophene rings is 1. The van der Waals surface area contributed by atoms with Crippen molar-refractivity contribution in [3.63, 3.8) is 0 Å². The Balaban J connectivity index is 1.86. The molecule has 0 radical (unpaired) electrons. The number of nitrogens with one attached hydrogen (secondary N) is 1. The fourth-order valence-electron chi connectivity index (χ4n) is 2.31. The number of aromatic nitrogens is 2. The highest BCUT2D eigenvalue weighted by Gasteiger charge is 2.22. The molecule has 0 aliphatic carbocycles. The van der Waals surface area contributed by atoms with Crippen LogP contribution in [0.15, 0.2) is 30.0 Å². The zero-order chi connectivity index (χ0) is 12.4. The summed E-state index contributed by atoms with van der Waals surface area (Å²) < 4.78 is 8.02. The van der Waals surface area contributed by atoms with Crippen molar-refractivity contribution in [3.05, 3.63) is 40.6 Å². The minimum Gasteiger partial charge on any atom is -0.369 e. The van der Waals surface area contributed by atoms with Gasteiger partial charge in [-0.05, 0) is 18.4 Å². The summed E-state index contributed by atoms with van der Waals surface area (Å²) in [6, 6.07) is 4.57. The monoisotopic (exact) mass is 263 g/mol. The topological polar surface area (TPSA) is 39.1 Å². The molecule has 18 heavy (non-hydrogen) atoms. The lowest BCUT2D eigenvalue weighted by atomic mass is 10.2. The fourth-order valence-corrected chi connectivity index (χ4v) is 3.09. The van der Waals surface area contributed by atoms with Crippen molar-refractivity contribution < 1.29 is 4.74 Å². The Morgan fingerprint density at radius 2 is 2.56 bits per heavy atom. The van der Waals surface area contributed by atoms with Crippen molar-refractivity contribution in [3.8, 4) is 0 Å². The summed E-state index contributed by atoms with van der Waals surface area (Å²) in [4.78, 5) is 5.63. The van der Waals surface area contributed by atoms with Gasteiger partial charge in [0.1, 0.15) is 6.10 Å². The second kappa shape index (κ2) is 5.22. The van der Waals surface area contributed by atoms with E-state index in [-0.39, 0.29) is 6.10 Å². The summed E-state index contributed by atoms with van der Waals surface area (Å²) in [6.45, 7) is 4.77. The van der Waals surface area contributed by atoms with Gasteiger partial charge < -0.3 is 14.6 Å². The molecule has 1 aliphatic heterocycles. The van der Waals surface area contributed by atoms with Crippen LogP contribution in [0.4, 0.5) is 0 Å². The molecule has 0 spiro atoms. The number of hydrogen-bond acceptors (Lipinski definition) is 4. The minimum absolute atomic E-state index is 0.115. The molecule has 2 atom stereocenters. The molecule has 0 aromatic carbocycles. The molecule has 0 bridgehead atoms. The average Bonchev–Trinajstić information content (AvgIpc) is 3.10. The SMILES string of the molecule is CC(c1cccs1)n1cncc1C1CNCCO1. The van der Waals surface area contributed by atoms with Crippen LogP contribution < -0.4 is 5.32 Å². The molecule has 3 rings (SSSR count). The van der Waals surface area contributed by atoms with Crippen LogP contribution in [0.1, 0.15) is 29.6 Å². The third-order valence-corrected chi connectivity index (χ3v) is 4.37. The molecular formula is C13H17N3OS. The zero-order valence-electron chi connectivity index (χ0n) is 10.4. The molecule has 1 N–H and O–H groups in total. The van der Waals surface area contributed by atoms with Crippen LogP contribution in [0, 0.1) is 0 Å². The first kappa shape index (κ1) is 11.9. The van der Waals surface area contributed by atoms with Gasteiger partial charge in [-0.1, -0.05) is 6.07 Å². The van der Waals surface area contributed by atoms with E-state index < -0.39 is 0 Å². The second-order valence-corrected chi connectivity index (χ2v) is 5.46. The van der Waals surface area contributed by atoms with Gasteiger partial charge in [-0.3, -0.25) is 0 Å². The van der Waals surface area contributed by atoms with E-state index in [0.717, 1.165) is 25.4 Å². The standard InChI is InChI=1S/C13H17N3OS/c1-10(13-3-2-6-18-13)16-9-15-7-11(16)12-8-14-4-5-17-12/h2-3,6-7,9-10,12,14H,4-5,8H2,1H3. The molecule has 0 amide bonds. The van der Waals surface area contributed by atoms with E-state index in [2.05, 4.69) is 39.3 Å². The summed E-state index contributed by atoms with van der Waals surface area (Å²) in [5.41, 5.74) is 1.16. The Bertz CT molecular complexity index is 488. The summed E-state index contributed by atoms with van der Waals surface area (Å²) in [7, 11) is 0. The van der Waals surface area contributed by atoms with Gasteiger partial charge in [-0.25, -0.2) is 4.98 Å². The third-order valence-electron chi connectivity index (χ3n) is 3.33. The predicted octanol–water partition coefficient (Wildman–Crippen LogP) is 2.21. The first-order chi connectivity index (χ1) is 8.86. The molecule has 96 valence electrons. The number of morpholine rings is 1. The van der Waals surface area contributed by atoms with Crippen molar-refractivity contribution in [1.29, 1.82) is 0 Å². The van der Waals surface area contributed by atoms with Gasteiger partial charge in [0.15, 0.2) is 0 Å². The van der Waals surface area contributed by atoms with Crippen molar-refractivity contribution in [2.24, 2.45) is 0 Å². The lowest BCUT2D eigenvalue weighted by Crippen LogP contribution is -2.34. The van der Waals surface area contributed by atoms with Crippen LogP contribution in [-0.4, -0.2) is 29.2 Å². The van der Waals surface area contributed by atoms with Gasteiger partial charge in [0.2, 0.25) is 0 Å². The smallest absolute Gasteiger partial charge is 0.111 e. The van der Waals surface area contributed by atoms with Gasteiger partial charge in [0, 0.05) is 18.0 Å². The van der Waals surface area contributed by atoms with E-state index in [1.165, 1.54) is 4.88 Å². The maximum Gasteiger partial charge on any atom is 0.111 e. The molecular weight excluding hydrogens is 246 g/mol. The van der Waals surface area contributed by atoms with Crippen LogP contribution in [0.2, 0.25) is 0 Å².